The first-order valence-electron chi connectivity index (χ1n) is 11.0. The molecule has 0 fully saturated rings. The van der Waals surface area contributed by atoms with Crippen molar-refractivity contribution in [3.8, 4) is 28.5 Å². The molecule has 0 aliphatic carbocycles. The van der Waals surface area contributed by atoms with Crippen molar-refractivity contribution in [2.45, 2.75) is 6.54 Å². The summed E-state index contributed by atoms with van der Waals surface area (Å²) in [6.07, 6.45) is 0. The van der Waals surface area contributed by atoms with E-state index in [9.17, 15) is 15.0 Å². The average molecular weight is 517 g/mol. The second-order valence-corrected chi connectivity index (χ2v) is 9.36. The van der Waals surface area contributed by atoms with Crippen LogP contribution in [-0.4, -0.2) is 28.2 Å². The highest BCUT2D eigenvalue weighted by Crippen LogP contribution is 2.34. The van der Waals surface area contributed by atoms with Gasteiger partial charge in [0.05, 0.1) is 24.7 Å². The summed E-state index contributed by atoms with van der Waals surface area (Å²) >= 11 is 7.67. The van der Waals surface area contributed by atoms with E-state index in [0.717, 1.165) is 28.1 Å². The van der Waals surface area contributed by atoms with Gasteiger partial charge >= 0.3 is 0 Å². The lowest BCUT2D eigenvalue weighted by Gasteiger charge is -2.23. The number of benzene rings is 3. The molecule has 0 bridgehead atoms. The van der Waals surface area contributed by atoms with Crippen LogP contribution in [0, 0.1) is 0 Å². The topological polar surface area (TPSA) is 82.9 Å². The number of ether oxygens (including phenoxy) is 1. The van der Waals surface area contributed by atoms with Crippen molar-refractivity contribution < 1.29 is 19.7 Å². The summed E-state index contributed by atoms with van der Waals surface area (Å²) in [6, 6.07) is 20.7. The van der Waals surface area contributed by atoms with Gasteiger partial charge in [0, 0.05) is 27.7 Å². The normalized spacial score (nSPS) is 10.9. The minimum atomic E-state index is -0.385. The van der Waals surface area contributed by atoms with Gasteiger partial charge in [-0.05, 0) is 70.9 Å². The van der Waals surface area contributed by atoms with Crippen LogP contribution in [0.5, 0.6) is 17.2 Å². The number of nitrogens with zero attached hydrogens (tertiary/aromatic N) is 2. The van der Waals surface area contributed by atoms with Crippen LogP contribution in [0.2, 0.25) is 5.02 Å². The van der Waals surface area contributed by atoms with Crippen LogP contribution in [0.4, 0.5) is 5.69 Å². The zero-order valence-corrected chi connectivity index (χ0v) is 20.8. The molecule has 36 heavy (non-hydrogen) atoms. The number of hydrogen-bond donors (Lipinski definition) is 2. The SMILES string of the molecule is COc1cc2cc(Cl)ccc2nc1-c1ccc(N(Cc2ccsc2)C(=O)c2ccc(O)cc2O)cc1. The summed E-state index contributed by atoms with van der Waals surface area (Å²) in [5, 5.41) is 25.4. The Kier molecular flexibility index (Phi) is 6.50. The first-order valence-corrected chi connectivity index (χ1v) is 12.3. The van der Waals surface area contributed by atoms with Crippen molar-refractivity contribution >= 4 is 45.4 Å². The van der Waals surface area contributed by atoms with Crippen LogP contribution >= 0.6 is 22.9 Å². The Morgan fingerprint density at radius 3 is 2.53 bits per heavy atom. The molecule has 2 N–H and O–H groups in total. The predicted octanol–water partition coefficient (Wildman–Crippen LogP) is 6.88. The van der Waals surface area contributed by atoms with Crippen molar-refractivity contribution in [1.29, 1.82) is 0 Å². The molecule has 0 aliphatic heterocycles. The summed E-state index contributed by atoms with van der Waals surface area (Å²) in [4.78, 5) is 19.8. The van der Waals surface area contributed by atoms with Gasteiger partial charge < -0.3 is 19.8 Å². The minimum Gasteiger partial charge on any atom is -0.508 e. The number of rotatable bonds is 6. The Hall–Kier alpha value is -4.07. The third-order valence-electron chi connectivity index (χ3n) is 5.79. The van der Waals surface area contributed by atoms with Crippen molar-refractivity contribution in [1.82, 2.24) is 4.98 Å². The number of carbonyl (C=O) groups is 1. The molecule has 0 aliphatic rings. The van der Waals surface area contributed by atoms with Crippen molar-refractivity contribution in [3.05, 3.63) is 99.7 Å². The summed E-state index contributed by atoms with van der Waals surface area (Å²) in [6.45, 7) is 0.320. The van der Waals surface area contributed by atoms with Gasteiger partial charge in [-0.15, -0.1) is 0 Å². The highest BCUT2D eigenvalue weighted by atomic mass is 35.5. The molecule has 8 heteroatoms. The Labute approximate surface area is 216 Å². The molecule has 0 radical (unpaired) electrons. The monoisotopic (exact) mass is 516 g/mol. The van der Waals surface area contributed by atoms with E-state index in [2.05, 4.69) is 0 Å². The molecule has 5 rings (SSSR count). The van der Waals surface area contributed by atoms with E-state index < -0.39 is 0 Å². The lowest BCUT2D eigenvalue weighted by molar-refractivity contribution is 0.0982. The second-order valence-electron chi connectivity index (χ2n) is 8.15. The molecule has 0 unspecified atom stereocenters. The van der Waals surface area contributed by atoms with Crippen molar-refractivity contribution in [2.75, 3.05) is 12.0 Å². The third-order valence-corrected chi connectivity index (χ3v) is 6.76. The molecule has 2 aromatic heterocycles. The lowest BCUT2D eigenvalue weighted by Crippen LogP contribution is -2.30. The van der Waals surface area contributed by atoms with Gasteiger partial charge in [-0.3, -0.25) is 4.79 Å². The van der Waals surface area contributed by atoms with Gasteiger partial charge in [0.2, 0.25) is 0 Å². The van der Waals surface area contributed by atoms with Gasteiger partial charge in [-0.1, -0.05) is 23.7 Å². The third kappa shape index (κ3) is 4.71. The number of anilines is 1. The number of carbonyl (C=O) groups excluding carboxylic acids is 1. The Balaban J connectivity index is 1.53. The fourth-order valence-electron chi connectivity index (χ4n) is 3.98. The molecule has 6 nitrogen and oxygen atoms in total. The number of fused-ring (bicyclic) bond motifs is 1. The Bertz CT molecular complexity index is 1550. The molecule has 5 aromatic rings. The molecular formula is C28H21ClN2O4S. The molecule has 2 heterocycles. The van der Waals surface area contributed by atoms with Crippen LogP contribution in [0.15, 0.2) is 83.6 Å². The molecule has 3 aromatic carbocycles. The van der Waals surface area contributed by atoms with Gasteiger partial charge in [0.1, 0.15) is 22.9 Å². The van der Waals surface area contributed by atoms with Gasteiger partial charge in [-0.2, -0.15) is 11.3 Å². The van der Waals surface area contributed by atoms with Crippen LogP contribution in [-0.2, 0) is 6.54 Å². The maximum Gasteiger partial charge on any atom is 0.262 e. The number of thiophene rings is 1. The molecule has 0 saturated carbocycles. The standard InChI is InChI=1S/C28H21ClN2O4S/c1-35-26-13-19-12-20(29)4-9-24(19)30-27(26)18-2-5-21(6-3-18)31(15-17-10-11-36-16-17)28(34)23-8-7-22(32)14-25(23)33/h2-14,16,32-33H,15H2,1H3. The number of halogens is 1. The number of aromatic hydroxyl groups is 2. The lowest BCUT2D eigenvalue weighted by atomic mass is 10.1. The predicted molar refractivity (Wildman–Crippen MR) is 143 cm³/mol. The van der Waals surface area contributed by atoms with E-state index in [1.807, 2.05) is 59.3 Å². The fourth-order valence-corrected chi connectivity index (χ4v) is 4.82. The quantitative estimate of drug-likeness (QED) is 0.257. The molecule has 0 saturated heterocycles. The number of phenols is 2. The van der Waals surface area contributed by atoms with Crippen LogP contribution in [0.25, 0.3) is 22.2 Å². The molecule has 1 amide bonds. The minimum absolute atomic E-state index is 0.101. The zero-order valence-electron chi connectivity index (χ0n) is 19.2. The highest BCUT2D eigenvalue weighted by Gasteiger charge is 2.22. The van der Waals surface area contributed by atoms with E-state index >= 15 is 0 Å². The van der Waals surface area contributed by atoms with Crippen LogP contribution in [0.1, 0.15) is 15.9 Å². The largest absolute Gasteiger partial charge is 0.508 e. The van der Waals surface area contributed by atoms with Crippen molar-refractivity contribution in [2.24, 2.45) is 0 Å². The summed E-state index contributed by atoms with van der Waals surface area (Å²) in [7, 11) is 1.59. The summed E-state index contributed by atoms with van der Waals surface area (Å²) < 4.78 is 5.60. The number of methoxy groups -OCH3 is 1. The first kappa shape index (κ1) is 23.7. The number of amides is 1. The average Bonchev–Trinajstić information content (AvgIpc) is 3.39. The zero-order chi connectivity index (χ0) is 25.2. The van der Waals surface area contributed by atoms with Gasteiger partial charge in [0.15, 0.2) is 0 Å². The Morgan fingerprint density at radius 1 is 1.03 bits per heavy atom. The molecular weight excluding hydrogens is 496 g/mol. The number of phenolic OH excluding ortho intramolecular Hbond substituents is 2. The molecule has 0 spiro atoms. The number of pyridine rings is 1. The second kappa shape index (κ2) is 9.89. The molecule has 0 atom stereocenters. The summed E-state index contributed by atoms with van der Waals surface area (Å²) in [5.74, 6) is -0.170. The van der Waals surface area contributed by atoms with Crippen LogP contribution < -0.4 is 9.64 Å². The summed E-state index contributed by atoms with van der Waals surface area (Å²) in [5.41, 5.74) is 4.00. The number of hydrogen-bond acceptors (Lipinski definition) is 6. The highest BCUT2D eigenvalue weighted by molar-refractivity contribution is 7.07. The van der Waals surface area contributed by atoms with Gasteiger partial charge in [0.25, 0.3) is 5.91 Å². The van der Waals surface area contributed by atoms with Crippen molar-refractivity contribution in [3.63, 3.8) is 0 Å². The maximum absolute atomic E-state index is 13.5. The van der Waals surface area contributed by atoms with E-state index in [0.29, 0.717) is 28.7 Å². The van der Waals surface area contributed by atoms with E-state index in [-0.39, 0.29) is 23.0 Å². The molecule has 180 valence electrons. The first-order chi connectivity index (χ1) is 17.4. The van der Waals surface area contributed by atoms with E-state index in [4.69, 9.17) is 21.3 Å². The smallest absolute Gasteiger partial charge is 0.262 e. The van der Waals surface area contributed by atoms with E-state index in [1.54, 1.807) is 29.4 Å². The number of aromatic nitrogens is 1. The van der Waals surface area contributed by atoms with E-state index in [1.165, 1.54) is 12.1 Å². The fraction of sp³-hybridized carbons (Fsp3) is 0.0714. The van der Waals surface area contributed by atoms with Gasteiger partial charge in [-0.25, -0.2) is 4.98 Å². The van der Waals surface area contributed by atoms with Crippen LogP contribution in [0.3, 0.4) is 0 Å². The maximum atomic E-state index is 13.5. The Morgan fingerprint density at radius 2 is 1.83 bits per heavy atom.